The van der Waals surface area contributed by atoms with Crippen LogP contribution in [0.4, 0.5) is 14.5 Å². The molecule has 0 radical (unpaired) electrons. The zero-order valence-corrected chi connectivity index (χ0v) is 9.95. The molecule has 0 fully saturated rings. The molecule has 1 amide bonds. The van der Waals surface area contributed by atoms with Crippen molar-refractivity contribution in [2.75, 3.05) is 11.4 Å². The number of halogens is 2. The van der Waals surface area contributed by atoms with Gasteiger partial charge in [-0.1, -0.05) is 0 Å². The van der Waals surface area contributed by atoms with Crippen molar-refractivity contribution in [1.82, 2.24) is 0 Å². The van der Waals surface area contributed by atoms with Crippen molar-refractivity contribution >= 4 is 17.4 Å². The second-order valence-electron chi connectivity index (χ2n) is 4.18. The Bertz CT molecular complexity index is 593. The number of carbonyl (C=O) groups excluding carboxylic acids is 2. The van der Waals surface area contributed by atoms with Crippen LogP contribution in [-0.4, -0.2) is 18.2 Å². The number of hydrogen-bond donors (Lipinski definition) is 0. The zero-order chi connectivity index (χ0) is 14.0. The first kappa shape index (κ1) is 13.1. The largest absolute Gasteiger partial charge is 0.302 e. The number of nitriles is 1. The maximum atomic E-state index is 13.7. The highest BCUT2D eigenvalue weighted by molar-refractivity contribution is 6.52. The first-order valence-corrected chi connectivity index (χ1v) is 5.78. The van der Waals surface area contributed by atoms with Crippen molar-refractivity contribution in [3.8, 4) is 6.07 Å². The van der Waals surface area contributed by atoms with E-state index in [1.54, 1.807) is 0 Å². The standard InChI is InChI=1S/C13H10F2N2O2/c14-8-6-9-11(10(15)7-8)17(13(19)12(9)18)5-3-1-2-4-16/h6-7H,1-3,5H2. The van der Waals surface area contributed by atoms with E-state index in [2.05, 4.69) is 0 Å². The lowest BCUT2D eigenvalue weighted by molar-refractivity contribution is -0.114. The average molecular weight is 264 g/mol. The molecule has 1 heterocycles. The zero-order valence-electron chi connectivity index (χ0n) is 9.95. The predicted molar refractivity (Wildman–Crippen MR) is 62.5 cm³/mol. The van der Waals surface area contributed by atoms with E-state index < -0.39 is 23.3 Å². The van der Waals surface area contributed by atoms with Crippen molar-refractivity contribution in [2.45, 2.75) is 19.3 Å². The minimum absolute atomic E-state index is 0.141. The van der Waals surface area contributed by atoms with Gasteiger partial charge in [-0.3, -0.25) is 9.59 Å². The minimum atomic E-state index is -0.922. The summed E-state index contributed by atoms with van der Waals surface area (Å²) in [6, 6.07) is 3.47. The highest BCUT2D eigenvalue weighted by atomic mass is 19.1. The molecule has 19 heavy (non-hydrogen) atoms. The van der Waals surface area contributed by atoms with Gasteiger partial charge >= 0.3 is 0 Å². The maximum absolute atomic E-state index is 13.7. The number of amides is 1. The van der Waals surface area contributed by atoms with Gasteiger partial charge < -0.3 is 4.90 Å². The molecule has 0 bridgehead atoms. The molecular weight excluding hydrogens is 254 g/mol. The smallest absolute Gasteiger partial charge is 0.299 e. The Labute approximate surface area is 108 Å². The fourth-order valence-electron chi connectivity index (χ4n) is 2.04. The number of nitrogens with zero attached hydrogens (tertiary/aromatic N) is 2. The summed E-state index contributed by atoms with van der Waals surface area (Å²) in [6.07, 6.45) is 1.35. The molecule has 0 aromatic heterocycles. The number of anilines is 1. The van der Waals surface area contributed by atoms with Crippen LogP contribution in [0.3, 0.4) is 0 Å². The number of hydrogen-bond acceptors (Lipinski definition) is 3. The summed E-state index contributed by atoms with van der Waals surface area (Å²) in [6.45, 7) is 0.141. The number of ketones is 1. The summed E-state index contributed by atoms with van der Waals surface area (Å²) in [4.78, 5) is 24.4. The monoisotopic (exact) mass is 264 g/mol. The summed E-state index contributed by atoms with van der Waals surface area (Å²) in [7, 11) is 0. The van der Waals surface area contributed by atoms with Crippen molar-refractivity contribution in [3.05, 3.63) is 29.3 Å². The van der Waals surface area contributed by atoms with E-state index >= 15 is 0 Å². The molecule has 6 heteroatoms. The number of carbonyl (C=O) groups is 2. The highest BCUT2D eigenvalue weighted by Crippen LogP contribution is 2.32. The molecule has 0 saturated carbocycles. The predicted octanol–water partition coefficient (Wildman–Crippen LogP) is 2.19. The van der Waals surface area contributed by atoms with Crippen LogP contribution >= 0.6 is 0 Å². The highest BCUT2D eigenvalue weighted by Gasteiger charge is 2.38. The Kier molecular flexibility index (Phi) is 3.56. The average Bonchev–Trinajstić information content (AvgIpc) is 2.60. The number of fused-ring (bicyclic) bond motifs is 1. The molecule has 0 saturated heterocycles. The second kappa shape index (κ2) is 5.14. The third-order valence-electron chi connectivity index (χ3n) is 2.90. The van der Waals surface area contributed by atoms with Crippen molar-refractivity contribution in [3.63, 3.8) is 0 Å². The number of unbranched alkanes of at least 4 members (excludes halogenated alkanes) is 2. The van der Waals surface area contributed by atoms with Gasteiger partial charge in [0.15, 0.2) is 5.82 Å². The molecule has 1 aromatic carbocycles. The quantitative estimate of drug-likeness (QED) is 0.618. The summed E-state index contributed by atoms with van der Waals surface area (Å²) < 4.78 is 26.7. The fourth-order valence-corrected chi connectivity index (χ4v) is 2.04. The molecule has 0 unspecified atom stereocenters. The van der Waals surface area contributed by atoms with Crippen LogP contribution in [0.1, 0.15) is 29.6 Å². The lowest BCUT2D eigenvalue weighted by Gasteiger charge is -2.16. The summed E-state index contributed by atoms with van der Waals surface area (Å²) in [5.41, 5.74) is -0.392. The molecule has 1 aliphatic heterocycles. The van der Waals surface area contributed by atoms with Gasteiger partial charge in [0, 0.05) is 19.0 Å². The Balaban J connectivity index is 2.26. The van der Waals surface area contributed by atoms with Gasteiger partial charge in [0.05, 0.1) is 17.3 Å². The van der Waals surface area contributed by atoms with E-state index in [-0.39, 0.29) is 17.8 Å². The maximum Gasteiger partial charge on any atom is 0.299 e. The van der Waals surface area contributed by atoms with Gasteiger partial charge in [0.25, 0.3) is 11.7 Å². The molecule has 1 aliphatic rings. The van der Waals surface area contributed by atoms with Gasteiger partial charge in [0.1, 0.15) is 5.82 Å². The summed E-state index contributed by atoms with van der Waals surface area (Å²) in [5, 5.41) is 8.40. The van der Waals surface area contributed by atoms with E-state index in [4.69, 9.17) is 5.26 Å². The van der Waals surface area contributed by atoms with Crippen LogP contribution < -0.4 is 4.90 Å². The van der Waals surface area contributed by atoms with Crippen molar-refractivity contribution in [2.24, 2.45) is 0 Å². The van der Waals surface area contributed by atoms with E-state index in [1.165, 1.54) is 0 Å². The van der Waals surface area contributed by atoms with Gasteiger partial charge in [-0.05, 0) is 18.9 Å². The molecule has 1 aromatic rings. The minimum Gasteiger partial charge on any atom is -0.302 e. The van der Waals surface area contributed by atoms with Crippen LogP contribution in [0, 0.1) is 23.0 Å². The molecule has 0 atom stereocenters. The molecule has 0 N–H and O–H groups in total. The SMILES string of the molecule is N#CCCCCN1C(=O)C(=O)c2cc(F)cc(F)c21. The van der Waals surface area contributed by atoms with Crippen LogP contribution in [-0.2, 0) is 4.79 Å². The molecule has 0 spiro atoms. The Hall–Kier alpha value is -2.29. The number of rotatable bonds is 4. The Morgan fingerprint density at radius 3 is 2.63 bits per heavy atom. The molecule has 0 aliphatic carbocycles. The van der Waals surface area contributed by atoms with Crippen LogP contribution in [0.2, 0.25) is 0 Å². The normalized spacial score (nSPS) is 13.6. The van der Waals surface area contributed by atoms with Crippen molar-refractivity contribution < 1.29 is 18.4 Å². The lowest BCUT2D eigenvalue weighted by atomic mass is 10.1. The molecule has 2 rings (SSSR count). The number of benzene rings is 1. The van der Waals surface area contributed by atoms with Crippen molar-refractivity contribution in [1.29, 1.82) is 5.26 Å². The third-order valence-corrected chi connectivity index (χ3v) is 2.90. The van der Waals surface area contributed by atoms with Crippen LogP contribution in [0.15, 0.2) is 12.1 Å². The Morgan fingerprint density at radius 1 is 1.21 bits per heavy atom. The molecule has 4 nitrogen and oxygen atoms in total. The third kappa shape index (κ3) is 2.32. The summed E-state index contributed by atoms with van der Waals surface area (Å²) in [5.74, 6) is -3.55. The Morgan fingerprint density at radius 2 is 1.95 bits per heavy atom. The lowest BCUT2D eigenvalue weighted by Crippen LogP contribution is -2.31. The molecule has 98 valence electrons. The van der Waals surface area contributed by atoms with E-state index in [0.29, 0.717) is 25.3 Å². The van der Waals surface area contributed by atoms with Gasteiger partial charge in [-0.2, -0.15) is 5.26 Å². The van der Waals surface area contributed by atoms with Gasteiger partial charge in [-0.25, -0.2) is 8.78 Å². The van der Waals surface area contributed by atoms with E-state index in [9.17, 15) is 18.4 Å². The fraction of sp³-hybridized carbons (Fsp3) is 0.308. The van der Waals surface area contributed by atoms with Gasteiger partial charge in [0.2, 0.25) is 0 Å². The first-order valence-electron chi connectivity index (χ1n) is 5.78. The number of Topliss-reactive ketones (excluding diaryl/α,β-unsaturated/α-hetero) is 1. The van der Waals surface area contributed by atoms with Crippen LogP contribution in [0.5, 0.6) is 0 Å². The first-order chi connectivity index (χ1) is 9.06. The topological polar surface area (TPSA) is 61.2 Å². The second-order valence-corrected chi connectivity index (χ2v) is 4.18. The molecular formula is C13H10F2N2O2. The van der Waals surface area contributed by atoms with Gasteiger partial charge in [-0.15, -0.1) is 0 Å². The summed E-state index contributed by atoms with van der Waals surface area (Å²) >= 11 is 0. The van der Waals surface area contributed by atoms with E-state index in [1.807, 2.05) is 6.07 Å². The van der Waals surface area contributed by atoms with Crippen LogP contribution in [0.25, 0.3) is 0 Å². The van der Waals surface area contributed by atoms with E-state index in [0.717, 1.165) is 11.0 Å².